The zero-order chi connectivity index (χ0) is 16.2. The normalized spacial score (nSPS) is 28.1. The number of methoxy groups -OCH3 is 1. The molecule has 2 aliphatic heterocycles. The summed E-state index contributed by atoms with van der Waals surface area (Å²) in [6.07, 6.45) is 2.69. The van der Waals surface area contributed by atoms with E-state index in [1.807, 2.05) is 0 Å². The van der Waals surface area contributed by atoms with E-state index in [4.69, 9.17) is 10.5 Å². The van der Waals surface area contributed by atoms with Crippen molar-refractivity contribution >= 4 is 11.8 Å². The molecule has 7 heteroatoms. The summed E-state index contributed by atoms with van der Waals surface area (Å²) in [6, 6.07) is 0. The van der Waals surface area contributed by atoms with E-state index >= 15 is 0 Å². The molecule has 0 saturated carbocycles. The Morgan fingerprint density at radius 3 is 2.68 bits per heavy atom. The molecular weight excluding hydrogens is 286 g/mol. The number of amides is 2. The summed E-state index contributed by atoms with van der Waals surface area (Å²) in [5.74, 6) is -0.531. The second-order valence-corrected chi connectivity index (χ2v) is 6.37. The summed E-state index contributed by atoms with van der Waals surface area (Å²) < 4.78 is 5.02. The molecule has 2 aliphatic rings. The number of primary amides is 1. The van der Waals surface area contributed by atoms with Gasteiger partial charge in [-0.15, -0.1) is 0 Å². The second kappa shape index (κ2) is 7.39. The quantitative estimate of drug-likeness (QED) is 0.668. The third-order valence-electron chi connectivity index (χ3n) is 4.74. The van der Waals surface area contributed by atoms with E-state index in [0.29, 0.717) is 58.6 Å². The lowest BCUT2D eigenvalue weighted by molar-refractivity contribution is -0.160. The van der Waals surface area contributed by atoms with Crippen molar-refractivity contribution in [2.24, 2.45) is 11.7 Å². The topological polar surface area (TPSA) is 96.1 Å². The molecule has 0 aromatic rings. The molecule has 2 saturated heterocycles. The molecule has 0 aliphatic carbocycles. The molecule has 0 bridgehead atoms. The third-order valence-corrected chi connectivity index (χ3v) is 4.74. The Kier molecular flexibility index (Phi) is 5.77. The maximum Gasteiger partial charge on any atom is 0.255 e. The van der Waals surface area contributed by atoms with E-state index in [1.165, 1.54) is 0 Å². The number of nitrogens with two attached hydrogens (primary N) is 1. The van der Waals surface area contributed by atoms with E-state index < -0.39 is 5.60 Å². The Hall–Kier alpha value is -1.18. The monoisotopic (exact) mass is 313 g/mol. The standard InChI is InChI=1S/C15H27N3O4/c1-22-10-9-18-6-2-5-15(21,14(18)20)11-17-7-3-12(4-8-17)13(16)19/h12,21H,2-11H2,1H3,(H2,16,19)/t15-/m0/s1. The molecule has 2 heterocycles. The maximum atomic E-state index is 12.5. The van der Waals surface area contributed by atoms with Gasteiger partial charge in [0.15, 0.2) is 5.60 Å². The van der Waals surface area contributed by atoms with Gasteiger partial charge >= 0.3 is 0 Å². The van der Waals surface area contributed by atoms with Gasteiger partial charge in [-0.05, 0) is 38.8 Å². The van der Waals surface area contributed by atoms with Gasteiger partial charge in [0.25, 0.3) is 5.91 Å². The average Bonchev–Trinajstić information content (AvgIpc) is 2.49. The average molecular weight is 313 g/mol. The molecule has 7 nitrogen and oxygen atoms in total. The van der Waals surface area contributed by atoms with Gasteiger partial charge in [0.05, 0.1) is 6.61 Å². The molecule has 0 unspecified atom stereocenters. The Bertz CT molecular complexity index is 410. The lowest BCUT2D eigenvalue weighted by atomic mass is 9.89. The minimum atomic E-state index is -1.31. The summed E-state index contributed by atoms with van der Waals surface area (Å²) >= 11 is 0. The SMILES string of the molecule is COCCN1CCC[C@](O)(CN2CCC(C(N)=O)CC2)C1=O. The number of nitrogens with zero attached hydrogens (tertiary/aromatic N) is 2. The number of ether oxygens (including phenoxy) is 1. The largest absolute Gasteiger partial charge is 0.383 e. The van der Waals surface area contributed by atoms with Crippen LogP contribution in [0, 0.1) is 5.92 Å². The molecule has 2 amide bonds. The van der Waals surface area contributed by atoms with Crippen molar-refractivity contribution in [2.75, 3.05) is 46.4 Å². The first kappa shape index (κ1) is 17.2. The van der Waals surface area contributed by atoms with E-state index in [0.717, 1.165) is 6.42 Å². The van der Waals surface area contributed by atoms with Crippen LogP contribution in [0.5, 0.6) is 0 Å². The molecule has 2 rings (SSSR count). The van der Waals surface area contributed by atoms with Crippen molar-refractivity contribution in [3.8, 4) is 0 Å². The molecule has 0 aromatic carbocycles. The summed E-state index contributed by atoms with van der Waals surface area (Å²) in [6.45, 7) is 3.39. The Balaban J connectivity index is 1.90. The summed E-state index contributed by atoms with van der Waals surface area (Å²) in [7, 11) is 1.60. The number of carbonyl (C=O) groups excluding carboxylic acids is 2. The first-order valence-electron chi connectivity index (χ1n) is 7.98. The number of β-amino-alcohol motifs (C(OH)–C–C–N with tert-alkyl or cyclic N) is 1. The third kappa shape index (κ3) is 3.97. The van der Waals surface area contributed by atoms with Gasteiger partial charge in [0.1, 0.15) is 0 Å². The summed E-state index contributed by atoms with van der Waals surface area (Å²) in [4.78, 5) is 27.5. The van der Waals surface area contributed by atoms with E-state index in [9.17, 15) is 14.7 Å². The fraction of sp³-hybridized carbons (Fsp3) is 0.867. The minimum Gasteiger partial charge on any atom is -0.383 e. The van der Waals surface area contributed by atoms with Crippen molar-refractivity contribution in [3.05, 3.63) is 0 Å². The number of hydrogen-bond donors (Lipinski definition) is 2. The van der Waals surface area contributed by atoms with Gasteiger partial charge in [0, 0.05) is 32.7 Å². The Morgan fingerprint density at radius 1 is 1.41 bits per heavy atom. The molecule has 3 N–H and O–H groups in total. The predicted octanol–water partition coefficient (Wildman–Crippen LogP) is -0.816. The van der Waals surface area contributed by atoms with Crippen molar-refractivity contribution in [2.45, 2.75) is 31.3 Å². The highest BCUT2D eigenvalue weighted by atomic mass is 16.5. The molecule has 0 radical (unpaired) electrons. The second-order valence-electron chi connectivity index (χ2n) is 6.37. The van der Waals surface area contributed by atoms with Crippen molar-refractivity contribution in [1.29, 1.82) is 0 Å². The van der Waals surface area contributed by atoms with Gasteiger partial charge in [0.2, 0.25) is 5.91 Å². The van der Waals surface area contributed by atoms with E-state index in [-0.39, 0.29) is 17.7 Å². The van der Waals surface area contributed by atoms with Gasteiger partial charge in [-0.3, -0.25) is 14.5 Å². The molecule has 1 atom stereocenters. The van der Waals surface area contributed by atoms with Crippen LogP contribution in [0.1, 0.15) is 25.7 Å². The molecule has 2 fully saturated rings. The highest BCUT2D eigenvalue weighted by molar-refractivity contribution is 5.86. The maximum absolute atomic E-state index is 12.5. The number of rotatable bonds is 6. The van der Waals surface area contributed by atoms with E-state index in [1.54, 1.807) is 12.0 Å². The van der Waals surface area contributed by atoms with Gasteiger partial charge in [-0.2, -0.15) is 0 Å². The zero-order valence-corrected chi connectivity index (χ0v) is 13.3. The number of aliphatic hydroxyl groups is 1. The lowest BCUT2D eigenvalue weighted by Gasteiger charge is -2.42. The van der Waals surface area contributed by atoms with Crippen LogP contribution < -0.4 is 5.73 Å². The van der Waals surface area contributed by atoms with Gasteiger partial charge in [-0.25, -0.2) is 0 Å². The number of hydrogen-bond acceptors (Lipinski definition) is 5. The molecule has 0 aromatic heterocycles. The van der Waals surface area contributed by atoms with Gasteiger partial charge < -0.3 is 20.5 Å². The van der Waals surface area contributed by atoms with Crippen LogP contribution in [-0.2, 0) is 14.3 Å². The Morgan fingerprint density at radius 2 is 2.09 bits per heavy atom. The molecule has 22 heavy (non-hydrogen) atoms. The predicted molar refractivity (Wildman–Crippen MR) is 81.0 cm³/mol. The molecular formula is C15H27N3O4. The van der Waals surface area contributed by atoms with Crippen molar-refractivity contribution < 1.29 is 19.4 Å². The van der Waals surface area contributed by atoms with Crippen molar-refractivity contribution in [1.82, 2.24) is 9.80 Å². The molecule has 0 spiro atoms. The summed E-state index contributed by atoms with van der Waals surface area (Å²) in [5.41, 5.74) is 4.02. The number of likely N-dealkylation sites (tertiary alicyclic amines) is 2. The zero-order valence-electron chi connectivity index (χ0n) is 13.3. The fourth-order valence-electron chi connectivity index (χ4n) is 3.37. The highest BCUT2D eigenvalue weighted by Crippen LogP contribution is 2.26. The number of carbonyl (C=O) groups is 2. The van der Waals surface area contributed by atoms with Crippen LogP contribution in [0.3, 0.4) is 0 Å². The van der Waals surface area contributed by atoms with E-state index in [2.05, 4.69) is 4.90 Å². The lowest BCUT2D eigenvalue weighted by Crippen LogP contribution is -2.59. The first-order chi connectivity index (χ1) is 10.5. The highest BCUT2D eigenvalue weighted by Gasteiger charge is 2.43. The van der Waals surface area contributed by atoms with Crippen molar-refractivity contribution in [3.63, 3.8) is 0 Å². The summed E-state index contributed by atoms with van der Waals surface area (Å²) in [5, 5.41) is 10.8. The van der Waals surface area contributed by atoms with Crippen LogP contribution >= 0.6 is 0 Å². The van der Waals surface area contributed by atoms with Crippen LogP contribution in [-0.4, -0.2) is 78.8 Å². The van der Waals surface area contributed by atoms with Crippen LogP contribution in [0.4, 0.5) is 0 Å². The van der Waals surface area contributed by atoms with Crippen LogP contribution in [0.25, 0.3) is 0 Å². The minimum absolute atomic E-state index is 0.0776. The fourth-order valence-corrected chi connectivity index (χ4v) is 3.37. The number of piperidine rings is 2. The Labute approximate surface area is 131 Å². The first-order valence-corrected chi connectivity index (χ1v) is 7.98. The smallest absolute Gasteiger partial charge is 0.255 e. The molecule has 126 valence electrons. The van der Waals surface area contributed by atoms with Gasteiger partial charge in [-0.1, -0.05) is 0 Å². The van der Waals surface area contributed by atoms with Crippen LogP contribution in [0.2, 0.25) is 0 Å². The van der Waals surface area contributed by atoms with Crippen LogP contribution in [0.15, 0.2) is 0 Å².